The highest BCUT2D eigenvalue weighted by molar-refractivity contribution is 5.96. The molecule has 0 aliphatic rings. The first-order valence-corrected chi connectivity index (χ1v) is 9.21. The second-order valence-electron chi connectivity index (χ2n) is 6.57. The average molecular weight is 354 g/mol. The minimum absolute atomic E-state index is 0.0672. The standard InChI is InChI=1S/C22H26O4/c23-19-11-7-9-17(15-19)21(25)13-5-3-1-2-4-6-14-22(26)18-10-8-12-20(24)16-18/h7-12,15-16,23-24H,1-6,13-14H2. The number of aromatic hydroxyl groups is 2. The van der Waals surface area contributed by atoms with Gasteiger partial charge in [-0.2, -0.15) is 0 Å². The first kappa shape index (κ1) is 19.7. The van der Waals surface area contributed by atoms with Crippen LogP contribution < -0.4 is 0 Å². The van der Waals surface area contributed by atoms with Crippen LogP contribution in [0.3, 0.4) is 0 Å². The average Bonchev–Trinajstić information content (AvgIpc) is 2.63. The van der Waals surface area contributed by atoms with Crippen LogP contribution >= 0.6 is 0 Å². The number of benzene rings is 2. The van der Waals surface area contributed by atoms with Crippen molar-refractivity contribution in [3.63, 3.8) is 0 Å². The number of phenolic OH excluding ortho intramolecular Hbond substituents is 2. The van der Waals surface area contributed by atoms with Gasteiger partial charge in [-0.05, 0) is 37.1 Å². The van der Waals surface area contributed by atoms with Gasteiger partial charge in [-0.3, -0.25) is 9.59 Å². The van der Waals surface area contributed by atoms with E-state index in [0.29, 0.717) is 24.0 Å². The zero-order valence-corrected chi connectivity index (χ0v) is 15.0. The van der Waals surface area contributed by atoms with Crippen LogP contribution in [0.1, 0.15) is 72.1 Å². The highest BCUT2D eigenvalue weighted by Gasteiger charge is 2.07. The Hall–Kier alpha value is -2.62. The predicted molar refractivity (Wildman–Crippen MR) is 102 cm³/mol. The van der Waals surface area contributed by atoms with Crippen molar-refractivity contribution in [2.24, 2.45) is 0 Å². The molecule has 4 heteroatoms. The number of carbonyl (C=O) groups is 2. The Bertz CT molecular complexity index is 673. The molecule has 0 fully saturated rings. The number of hydrogen-bond acceptors (Lipinski definition) is 4. The van der Waals surface area contributed by atoms with Gasteiger partial charge in [0.25, 0.3) is 0 Å². The molecule has 2 aromatic rings. The lowest BCUT2D eigenvalue weighted by molar-refractivity contribution is 0.0969. The van der Waals surface area contributed by atoms with Gasteiger partial charge in [0.05, 0.1) is 0 Å². The summed E-state index contributed by atoms with van der Waals surface area (Å²) >= 11 is 0. The van der Waals surface area contributed by atoms with Crippen molar-refractivity contribution in [3.8, 4) is 11.5 Å². The van der Waals surface area contributed by atoms with Crippen molar-refractivity contribution in [2.75, 3.05) is 0 Å². The Morgan fingerprint density at radius 3 is 1.38 bits per heavy atom. The van der Waals surface area contributed by atoms with Crippen molar-refractivity contribution in [2.45, 2.75) is 51.4 Å². The largest absolute Gasteiger partial charge is 0.508 e. The molecule has 0 atom stereocenters. The molecule has 26 heavy (non-hydrogen) atoms. The zero-order valence-electron chi connectivity index (χ0n) is 15.0. The van der Waals surface area contributed by atoms with Gasteiger partial charge in [-0.15, -0.1) is 0 Å². The maximum atomic E-state index is 12.0. The van der Waals surface area contributed by atoms with E-state index >= 15 is 0 Å². The van der Waals surface area contributed by atoms with Crippen LogP contribution in [-0.2, 0) is 0 Å². The predicted octanol–water partition coefficient (Wildman–Crippen LogP) is 5.28. The molecule has 2 aromatic carbocycles. The molecule has 4 nitrogen and oxygen atoms in total. The lowest BCUT2D eigenvalue weighted by atomic mass is 10.0. The minimum atomic E-state index is 0.0672. The van der Waals surface area contributed by atoms with Crippen LogP contribution in [-0.4, -0.2) is 21.8 Å². The molecule has 2 rings (SSSR count). The molecular formula is C22H26O4. The number of rotatable bonds is 11. The Morgan fingerprint density at radius 2 is 1.00 bits per heavy atom. The van der Waals surface area contributed by atoms with Crippen molar-refractivity contribution in [1.82, 2.24) is 0 Å². The Morgan fingerprint density at radius 1 is 0.615 bits per heavy atom. The van der Waals surface area contributed by atoms with Crippen LogP contribution in [0.25, 0.3) is 0 Å². The first-order valence-electron chi connectivity index (χ1n) is 9.21. The van der Waals surface area contributed by atoms with Gasteiger partial charge < -0.3 is 10.2 Å². The molecule has 0 saturated heterocycles. The minimum Gasteiger partial charge on any atom is -0.508 e. The summed E-state index contributed by atoms with van der Waals surface area (Å²) in [6, 6.07) is 12.9. The van der Waals surface area contributed by atoms with Gasteiger partial charge in [0.2, 0.25) is 0 Å². The van der Waals surface area contributed by atoms with Crippen molar-refractivity contribution < 1.29 is 19.8 Å². The topological polar surface area (TPSA) is 74.6 Å². The van der Waals surface area contributed by atoms with E-state index in [1.165, 1.54) is 12.1 Å². The van der Waals surface area contributed by atoms with Crippen LogP contribution in [0, 0.1) is 0 Å². The first-order chi connectivity index (χ1) is 12.6. The molecule has 0 amide bonds. The van der Waals surface area contributed by atoms with Crippen LogP contribution in [0.4, 0.5) is 0 Å². The Labute approximate surface area is 154 Å². The van der Waals surface area contributed by atoms with E-state index in [0.717, 1.165) is 38.5 Å². The number of ketones is 2. The third-order valence-corrected chi connectivity index (χ3v) is 4.39. The normalized spacial score (nSPS) is 10.6. The SMILES string of the molecule is O=C(CCCCCCCCC(=O)c1cccc(O)c1)c1cccc(O)c1. The molecular weight excluding hydrogens is 328 g/mol. The number of hydrogen-bond donors (Lipinski definition) is 2. The third-order valence-electron chi connectivity index (χ3n) is 4.39. The summed E-state index contributed by atoms with van der Waals surface area (Å²) in [6.07, 6.45) is 6.77. The highest BCUT2D eigenvalue weighted by atomic mass is 16.3. The number of Topliss-reactive ketones (excluding diaryl/α,β-unsaturated/α-hetero) is 2. The lowest BCUT2D eigenvalue weighted by Crippen LogP contribution is -1.99. The lowest BCUT2D eigenvalue weighted by Gasteiger charge is -2.04. The van der Waals surface area contributed by atoms with Gasteiger partial charge in [-0.1, -0.05) is 49.9 Å². The van der Waals surface area contributed by atoms with E-state index in [9.17, 15) is 19.8 Å². The van der Waals surface area contributed by atoms with Gasteiger partial charge in [-0.25, -0.2) is 0 Å². The third kappa shape index (κ3) is 6.71. The fourth-order valence-corrected chi connectivity index (χ4v) is 2.93. The summed E-state index contributed by atoms with van der Waals surface area (Å²) in [5.74, 6) is 0.377. The smallest absolute Gasteiger partial charge is 0.163 e. The zero-order chi connectivity index (χ0) is 18.8. The molecule has 0 aliphatic carbocycles. The molecule has 2 N–H and O–H groups in total. The van der Waals surface area contributed by atoms with E-state index < -0.39 is 0 Å². The molecule has 0 bridgehead atoms. The highest BCUT2D eigenvalue weighted by Crippen LogP contribution is 2.17. The van der Waals surface area contributed by atoms with Gasteiger partial charge in [0.1, 0.15) is 11.5 Å². The molecule has 0 saturated carbocycles. The number of carbonyl (C=O) groups excluding carboxylic acids is 2. The quantitative estimate of drug-likeness (QED) is 0.425. The molecule has 0 heterocycles. The summed E-state index contributed by atoms with van der Waals surface area (Å²) in [5.41, 5.74) is 1.13. The molecule has 0 radical (unpaired) electrons. The molecule has 0 aromatic heterocycles. The summed E-state index contributed by atoms with van der Waals surface area (Å²) in [5, 5.41) is 18.8. The number of phenols is 2. The van der Waals surface area contributed by atoms with Crippen molar-refractivity contribution in [1.29, 1.82) is 0 Å². The fraction of sp³-hybridized carbons (Fsp3) is 0.364. The maximum absolute atomic E-state index is 12.0. The maximum Gasteiger partial charge on any atom is 0.163 e. The van der Waals surface area contributed by atoms with Crippen LogP contribution in [0.15, 0.2) is 48.5 Å². The van der Waals surface area contributed by atoms with Crippen LogP contribution in [0.2, 0.25) is 0 Å². The molecule has 138 valence electrons. The van der Waals surface area contributed by atoms with Gasteiger partial charge >= 0.3 is 0 Å². The van der Waals surface area contributed by atoms with E-state index in [-0.39, 0.29) is 23.1 Å². The second-order valence-corrected chi connectivity index (χ2v) is 6.57. The Balaban J connectivity index is 1.53. The molecule has 0 unspecified atom stereocenters. The van der Waals surface area contributed by atoms with Crippen molar-refractivity contribution in [3.05, 3.63) is 59.7 Å². The summed E-state index contributed by atoms with van der Waals surface area (Å²) < 4.78 is 0. The van der Waals surface area contributed by atoms with E-state index in [4.69, 9.17) is 0 Å². The monoisotopic (exact) mass is 354 g/mol. The summed E-state index contributed by atoms with van der Waals surface area (Å²) in [4.78, 5) is 24.0. The van der Waals surface area contributed by atoms with Crippen molar-refractivity contribution >= 4 is 11.6 Å². The fourth-order valence-electron chi connectivity index (χ4n) is 2.93. The molecule has 0 aliphatic heterocycles. The van der Waals surface area contributed by atoms with Crippen LogP contribution in [0.5, 0.6) is 11.5 Å². The molecule has 0 spiro atoms. The summed E-state index contributed by atoms with van der Waals surface area (Å²) in [6.45, 7) is 0. The summed E-state index contributed by atoms with van der Waals surface area (Å²) in [7, 11) is 0. The van der Waals surface area contributed by atoms with Gasteiger partial charge in [0, 0.05) is 24.0 Å². The van der Waals surface area contributed by atoms with E-state index in [1.54, 1.807) is 36.4 Å². The second kappa shape index (κ2) is 10.4. The van der Waals surface area contributed by atoms with E-state index in [1.807, 2.05) is 0 Å². The Kier molecular flexibility index (Phi) is 7.87. The van der Waals surface area contributed by atoms with E-state index in [2.05, 4.69) is 0 Å². The van der Waals surface area contributed by atoms with Gasteiger partial charge in [0.15, 0.2) is 11.6 Å². The number of unbranched alkanes of at least 4 members (excludes halogenated alkanes) is 5.